The zero-order chi connectivity index (χ0) is 15.2. The molecule has 3 N–H and O–H groups in total. The molecule has 1 aromatic carbocycles. The molecule has 2 amide bonds. The van der Waals surface area contributed by atoms with Gasteiger partial charge in [0.1, 0.15) is 6.10 Å². The van der Waals surface area contributed by atoms with Crippen LogP contribution in [0, 0.1) is 0 Å². The summed E-state index contributed by atoms with van der Waals surface area (Å²) in [7, 11) is 0. The Kier molecular flexibility index (Phi) is 5.08. The van der Waals surface area contributed by atoms with Crippen LogP contribution in [-0.2, 0) is 4.79 Å². The first-order valence-electron chi connectivity index (χ1n) is 6.43. The Hall–Kier alpha value is -2.18. The molecule has 0 radical (unpaired) electrons. The minimum Gasteiger partial charge on any atom is -0.386 e. The standard InChI is InChI=1S/C15H16N2O3S/c1-10(18)17-12-6-4-11(5-7-12)15(20)16-9-13(19)14-3-2-8-21-14/h2-8,13,19H,9H2,1H3,(H,16,20)(H,17,18). The largest absolute Gasteiger partial charge is 0.386 e. The molecule has 6 heteroatoms. The minimum absolute atomic E-state index is 0.160. The molecule has 1 unspecified atom stereocenters. The lowest BCUT2D eigenvalue weighted by atomic mass is 10.2. The van der Waals surface area contributed by atoms with Gasteiger partial charge in [0.25, 0.3) is 5.91 Å². The molecule has 0 aliphatic heterocycles. The van der Waals surface area contributed by atoms with E-state index in [4.69, 9.17) is 0 Å². The fraction of sp³-hybridized carbons (Fsp3) is 0.200. The summed E-state index contributed by atoms with van der Waals surface area (Å²) in [5.74, 6) is -0.425. The van der Waals surface area contributed by atoms with Crippen LogP contribution < -0.4 is 10.6 Å². The lowest BCUT2D eigenvalue weighted by Crippen LogP contribution is -2.28. The number of anilines is 1. The lowest BCUT2D eigenvalue weighted by Gasteiger charge is -2.10. The van der Waals surface area contributed by atoms with Gasteiger partial charge in [-0.1, -0.05) is 6.07 Å². The summed E-state index contributed by atoms with van der Waals surface area (Å²) in [6, 6.07) is 10.2. The van der Waals surface area contributed by atoms with Gasteiger partial charge >= 0.3 is 0 Å². The molecule has 0 bridgehead atoms. The molecular formula is C15H16N2O3S. The third-order valence-electron chi connectivity index (χ3n) is 2.80. The van der Waals surface area contributed by atoms with E-state index in [-0.39, 0.29) is 18.4 Å². The van der Waals surface area contributed by atoms with Crippen LogP contribution >= 0.6 is 11.3 Å². The smallest absolute Gasteiger partial charge is 0.251 e. The van der Waals surface area contributed by atoms with Gasteiger partial charge in [0.15, 0.2) is 0 Å². The van der Waals surface area contributed by atoms with Crippen LogP contribution in [0.3, 0.4) is 0 Å². The Balaban J connectivity index is 1.89. The van der Waals surface area contributed by atoms with Crippen molar-refractivity contribution < 1.29 is 14.7 Å². The van der Waals surface area contributed by atoms with E-state index in [1.54, 1.807) is 24.3 Å². The molecule has 2 aromatic rings. The zero-order valence-electron chi connectivity index (χ0n) is 11.5. The molecule has 0 spiro atoms. The molecule has 0 fully saturated rings. The fourth-order valence-corrected chi connectivity index (χ4v) is 2.49. The molecule has 110 valence electrons. The second kappa shape index (κ2) is 7.01. The van der Waals surface area contributed by atoms with E-state index in [0.29, 0.717) is 11.3 Å². The highest BCUT2D eigenvalue weighted by Crippen LogP contribution is 2.18. The van der Waals surface area contributed by atoms with Crippen LogP contribution in [0.1, 0.15) is 28.3 Å². The van der Waals surface area contributed by atoms with Crippen molar-refractivity contribution >= 4 is 28.8 Å². The highest BCUT2D eigenvalue weighted by molar-refractivity contribution is 7.10. The number of aliphatic hydroxyl groups excluding tert-OH is 1. The number of hydrogen-bond donors (Lipinski definition) is 3. The summed E-state index contributed by atoms with van der Waals surface area (Å²) in [5, 5.41) is 17.1. The summed E-state index contributed by atoms with van der Waals surface area (Å²) in [5.41, 5.74) is 1.11. The minimum atomic E-state index is -0.701. The molecule has 5 nitrogen and oxygen atoms in total. The predicted octanol–water partition coefficient (Wildman–Crippen LogP) is 2.17. The van der Waals surface area contributed by atoms with E-state index in [2.05, 4.69) is 10.6 Å². The Bertz CT molecular complexity index is 608. The van der Waals surface area contributed by atoms with Gasteiger partial charge in [-0.3, -0.25) is 9.59 Å². The van der Waals surface area contributed by atoms with Crippen molar-refractivity contribution in [3.63, 3.8) is 0 Å². The van der Waals surface area contributed by atoms with Crippen LogP contribution in [0.5, 0.6) is 0 Å². The van der Waals surface area contributed by atoms with Crippen molar-refractivity contribution in [2.24, 2.45) is 0 Å². The number of hydrogen-bond acceptors (Lipinski definition) is 4. The first kappa shape index (κ1) is 15.2. The van der Waals surface area contributed by atoms with Gasteiger partial charge in [-0.2, -0.15) is 0 Å². The van der Waals surface area contributed by atoms with Crippen LogP contribution in [0.15, 0.2) is 41.8 Å². The van der Waals surface area contributed by atoms with E-state index >= 15 is 0 Å². The summed E-state index contributed by atoms with van der Waals surface area (Å²) in [6.07, 6.45) is -0.701. The third kappa shape index (κ3) is 4.40. The first-order chi connectivity index (χ1) is 10.1. The van der Waals surface area contributed by atoms with Crippen LogP contribution in [0.4, 0.5) is 5.69 Å². The average Bonchev–Trinajstić information content (AvgIpc) is 2.99. The van der Waals surface area contributed by atoms with E-state index in [1.807, 2.05) is 17.5 Å². The Morgan fingerprint density at radius 1 is 1.24 bits per heavy atom. The van der Waals surface area contributed by atoms with Gasteiger partial charge in [0.2, 0.25) is 5.91 Å². The van der Waals surface area contributed by atoms with Crippen molar-refractivity contribution in [2.45, 2.75) is 13.0 Å². The molecule has 0 saturated carbocycles. The summed E-state index contributed by atoms with van der Waals surface area (Å²) < 4.78 is 0. The number of benzene rings is 1. The Morgan fingerprint density at radius 3 is 2.52 bits per heavy atom. The third-order valence-corrected chi connectivity index (χ3v) is 3.77. The van der Waals surface area contributed by atoms with Gasteiger partial charge in [0, 0.05) is 29.6 Å². The van der Waals surface area contributed by atoms with Crippen LogP contribution in [-0.4, -0.2) is 23.5 Å². The summed E-state index contributed by atoms with van der Waals surface area (Å²) in [4.78, 5) is 23.7. The number of rotatable bonds is 5. The fourth-order valence-electron chi connectivity index (χ4n) is 1.78. The molecule has 2 rings (SSSR count). The van der Waals surface area contributed by atoms with Gasteiger partial charge in [-0.25, -0.2) is 0 Å². The topological polar surface area (TPSA) is 78.4 Å². The van der Waals surface area contributed by atoms with Gasteiger partial charge < -0.3 is 15.7 Å². The molecule has 1 aromatic heterocycles. The number of thiophene rings is 1. The molecular weight excluding hydrogens is 288 g/mol. The van der Waals surface area contributed by atoms with Crippen LogP contribution in [0.25, 0.3) is 0 Å². The lowest BCUT2D eigenvalue weighted by molar-refractivity contribution is -0.114. The van der Waals surface area contributed by atoms with E-state index < -0.39 is 6.10 Å². The SMILES string of the molecule is CC(=O)Nc1ccc(C(=O)NCC(O)c2cccs2)cc1. The van der Waals surface area contributed by atoms with Crippen molar-refractivity contribution in [3.8, 4) is 0 Å². The van der Waals surface area contributed by atoms with Gasteiger partial charge in [-0.15, -0.1) is 11.3 Å². The number of nitrogens with one attached hydrogen (secondary N) is 2. The van der Waals surface area contributed by atoms with Gasteiger partial charge in [-0.05, 0) is 35.7 Å². The molecule has 1 atom stereocenters. The summed E-state index contributed by atoms with van der Waals surface area (Å²) >= 11 is 1.44. The normalized spacial score (nSPS) is 11.7. The Morgan fingerprint density at radius 2 is 1.95 bits per heavy atom. The quantitative estimate of drug-likeness (QED) is 0.792. The number of carbonyl (C=O) groups excluding carboxylic acids is 2. The van der Waals surface area contributed by atoms with Crippen molar-refractivity contribution in [1.29, 1.82) is 0 Å². The average molecular weight is 304 g/mol. The predicted molar refractivity (Wildman–Crippen MR) is 82.4 cm³/mol. The maximum Gasteiger partial charge on any atom is 0.251 e. The molecule has 1 heterocycles. The maximum absolute atomic E-state index is 11.9. The monoisotopic (exact) mass is 304 g/mol. The van der Waals surface area contributed by atoms with Crippen molar-refractivity contribution in [1.82, 2.24) is 5.32 Å². The van der Waals surface area contributed by atoms with Crippen molar-refractivity contribution in [2.75, 3.05) is 11.9 Å². The molecule has 0 aliphatic rings. The summed E-state index contributed by atoms with van der Waals surface area (Å²) in [6.45, 7) is 1.58. The van der Waals surface area contributed by atoms with Crippen molar-refractivity contribution in [3.05, 3.63) is 52.2 Å². The van der Waals surface area contributed by atoms with E-state index in [1.165, 1.54) is 18.3 Å². The number of amides is 2. The van der Waals surface area contributed by atoms with E-state index in [9.17, 15) is 14.7 Å². The molecule has 21 heavy (non-hydrogen) atoms. The maximum atomic E-state index is 11.9. The molecule has 0 saturated heterocycles. The highest BCUT2D eigenvalue weighted by atomic mass is 32.1. The number of carbonyl (C=O) groups is 2. The van der Waals surface area contributed by atoms with Crippen LogP contribution in [0.2, 0.25) is 0 Å². The van der Waals surface area contributed by atoms with Gasteiger partial charge in [0.05, 0.1) is 0 Å². The highest BCUT2D eigenvalue weighted by Gasteiger charge is 2.11. The number of aliphatic hydroxyl groups is 1. The second-order valence-corrected chi connectivity index (χ2v) is 5.48. The zero-order valence-corrected chi connectivity index (χ0v) is 12.3. The molecule has 0 aliphatic carbocycles. The van der Waals surface area contributed by atoms with E-state index in [0.717, 1.165) is 4.88 Å². The Labute approximate surface area is 126 Å². The first-order valence-corrected chi connectivity index (χ1v) is 7.31. The second-order valence-electron chi connectivity index (χ2n) is 4.50.